The van der Waals surface area contributed by atoms with Gasteiger partial charge in [-0.25, -0.2) is 0 Å². The van der Waals surface area contributed by atoms with Gasteiger partial charge in [0.25, 0.3) is 0 Å². The lowest BCUT2D eigenvalue weighted by Gasteiger charge is -2.46. The van der Waals surface area contributed by atoms with Gasteiger partial charge in [0.05, 0.1) is 18.5 Å². The predicted molar refractivity (Wildman–Crippen MR) is 127 cm³/mol. The predicted octanol–water partition coefficient (Wildman–Crippen LogP) is 3.64. The summed E-state index contributed by atoms with van der Waals surface area (Å²) >= 11 is 0. The lowest BCUT2D eigenvalue weighted by atomic mass is 9.73. The summed E-state index contributed by atoms with van der Waals surface area (Å²) < 4.78 is 0. The molecule has 3 fully saturated rings. The zero-order valence-corrected chi connectivity index (χ0v) is 19.4. The van der Waals surface area contributed by atoms with Crippen molar-refractivity contribution in [2.24, 2.45) is 34.6 Å². The van der Waals surface area contributed by atoms with Crippen LogP contribution in [0, 0.1) is 29.6 Å². The van der Waals surface area contributed by atoms with E-state index in [-0.39, 0.29) is 0 Å². The maximum Gasteiger partial charge on any atom is 0.0995 e. The van der Waals surface area contributed by atoms with Gasteiger partial charge >= 0.3 is 0 Å². The average molecular weight is 416 g/mol. The molecule has 1 saturated heterocycles. The van der Waals surface area contributed by atoms with Gasteiger partial charge in [-0.1, -0.05) is 20.4 Å². The minimum atomic E-state index is 0.502. The van der Waals surface area contributed by atoms with Crippen LogP contribution in [-0.4, -0.2) is 44.2 Å². The van der Waals surface area contributed by atoms with E-state index < -0.39 is 0 Å². The van der Waals surface area contributed by atoms with Gasteiger partial charge in [0.1, 0.15) is 0 Å². The van der Waals surface area contributed by atoms with E-state index in [0.717, 1.165) is 37.4 Å². The van der Waals surface area contributed by atoms with Crippen molar-refractivity contribution < 1.29 is 0 Å². The number of amidine groups is 1. The maximum atomic E-state index is 4.69. The Morgan fingerprint density at radius 3 is 2.47 bits per heavy atom. The van der Waals surface area contributed by atoms with E-state index in [0.29, 0.717) is 24.0 Å². The topological polar surface area (TPSA) is 60.5 Å². The molecule has 0 aromatic carbocycles. The van der Waals surface area contributed by atoms with Crippen molar-refractivity contribution >= 4 is 5.84 Å². The van der Waals surface area contributed by atoms with Crippen LogP contribution in [-0.2, 0) is 0 Å². The molecule has 0 radical (unpaired) electrons. The van der Waals surface area contributed by atoms with Crippen molar-refractivity contribution in [2.75, 3.05) is 26.2 Å². The molecule has 0 spiro atoms. The molecule has 30 heavy (non-hydrogen) atoms. The molecule has 2 aliphatic heterocycles. The molecule has 2 aliphatic carbocycles. The molecule has 5 heteroatoms. The second kappa shape index (κ2) is 10.5. The standard InChI is InChI=1S/C25H45N5/c1-4-13-26-18(3)19-5-9-22(10-6-19)25-29-16-17(2)23(30-25)20-7-11-21(12-8-20)24-27-14-15-28-24/h17,19-23,25-26,29-30H,3-16H2,1-2H3,(H,27,28). The van der Waals surface area contributed by atoms with Crippen LogP contribution >= 0.6 is 0 Å². The lowest BCUT2D eigenvalue weighted by Crippen LogP contribution is -2.63. The molecule has 4 N–H and O–H groups in total. The molecule has 0 amide bonds. The van der Waals surface area contributed by atoms with Crippen LogP contribution in [0.1, 0.15) is 71.6 Å². The number of nitrogens with zero attached hydrogens (tertiary/aromatic N) is 1. The van der Waals surface area contributed by atoms with Gasteiger partial charge in [-0.3, -0.25) is 10.3 Å². The summed E-state index contributed by atoms with van der Waals surface area (Å²) in [6, 6.07) is 0.676. The highest BCUT2D eigenvalue weighted by Crippen LogP contribution is 2.37. The molecule has 4 aliphatic rings. The normalized spacial score (nSPS) is 39.8. The number of rotatable bonds is 7. The van der Waals surface area contributed by atoms with Gasteiger partial charge in [-0.15, -0.1) is 0 Å². The van der Waals surface area contributed by atoms with E-state index in [4.69, 9.17) is 0 Å². The molecular weight excluding hydrogens is 370 g/mol. The number of hydrogen-bond acceptors (Lipinski definition) is 5. The Balaban J connectivity index is 1.25. The minimum absolute atomic E-state index is 0.502. The smallest absolute Gasteiger partial charge is 0.0995 e. The Bertz CT molecular complexity index is 586. The van der Waals surface area contributed by atoms with Crippen molar-refractivity contribution in [2.45, 2.75) is 83.8 Å². The van der Waals surface area contributed by atoms with Crippen LogP contribution < -0.4 is 21.3 Å². The highest BCUT2D eigenvalue weighted by atomic mass is 15.2. The monoisotopic (exact) mass is 415 g/mol. The molecule has 4 rings (SSSR count). The fourth-order valence-corrected chi connectivity index (χ4v) is 6.45. The van der Waals surface area contributed by atoms with E-state index in [1.54, 1.807) is 0 Å². The lowest BCUT2D eigenvalue weighted by molar-refractivity contribution is 0.0990. The molecule has 2 saturated carbocycles. The molecule has 3 unspecified atom stereocenters. The van der Waals surface area contributed by atoms with Crippen LogP contribution in [0.15, 0.2) is 17.3 Å². The fraction of sp³-hybridized carbons (Fsp3) is 0.880. The molecular formula is C25H45N5. The quantitative estimate of drug-likeness (QED) is 0.513. The highest BCUT2D eigenvalue weighted by molar-refractivity contribution is 5.85. The maximum absolute atomic E-state index is 4.69. The second-order valence-corrected chi connectivity index (χ2v) is 10.4. The number of nitrogens with one attached hydrogen (secondary N) is 4. The second-order valence-electron chi connectivity index (χ2n) is 10.4. The molecule has 0 aromatic heterocycles. The Labute approximate surface area is 184 Å². The molecule has 0 bridgehead atoms. The highest BCUT2D eigenvalue weighted by Gasteiger charge is 2.39. The zero-order valence-electron chi connectivity index (χ0n) is 19.4. The summed E-state index contributed by atoms with van der Waals surface area (Å²) in [5, 5.41) is 15.0. The van der Waals surface area contributed by atoms with Gasteiger partial charge < -0.3 is 16.0 Å². The molecule has 5 nitrogen and oxygen atoms in total. The third kappa shape index (κ3) is 5.21. The third-order valence-electron chi connectivity index (χ3n) is 8.35. The van der Waals surface area contributed by atoms with Crippen LogP contribution in [0.5, 0.6) is 0 Å². The van der Waals surface area contributed by atoms with E-state index in [1.165, 1.54) is 75.9 Å². The first-order valence-electron chi connectivity index (χ1n) is 12.9. The van der Waals surface area contributed by atoms with Crippen LogP contribution in [0.2, 0.25) is 0 Å². The van der Waals surface area contributed by atoms with Crippen LogP contribution in [0.3, 0.4) is 0 Å². The van der Waals surface area contributed by atoms with Crippen molar-refractivity contribution in [1.29, 1.82) is 0 Å². The average Bonchev–Trinajstić information content (AvgIpc) is 3.33. The first kappa shape index (κ1) is 22.1. The van der Waals surface area contributed by atoms with Crippen molar-refractivity contribution in [3.63, 3.8) is 0 Å². The first-order chi connectivity index (χ1) is 14.7. The summed E-state index contributed by atoms with van der Waals surface area (Å²) in [4.78, 5) is 4.69. The van der Waals surface area contributed by atoms with Gasteiger partial charge in [-0.2, -0.15) is 0 Å². The fourth-order valence-electron chi connectivity index (χ4n) is 6.45. The molecule has 3 atom stereocenters. The van der Waals surface area contributed by atoms with Gasteiger partial charge in [0, 0.05) is 37.3 Å². The number of hydrogen-bond donors (Lipinski definition) is 4. The zero-order chi connectivity index (χ0) is 20.9. The van der Waals surface area contributed by atoms with Gasteiger partial charge in [-0.05, 0) is 81.5 Å². The molecule has 2 heterocycles. The van der Waals surface area contributed by atoms with Crippen LogP contribution in [0.25, 0.3) is 0 Å². The summed E-state index contributed by atoms with van der Waals surface area (Å²) in [6.07, 6.45) is 12.3. The number of aliphatic imine (C=N–C) groups is 1. The summed E-state index contributed by atoms with van der Waals surface area (Å²) in [6.45, 7) is 13.2. The van der Waals surface area contributed by atoms with Crippen molar-refractivity contribution in [1.82, 2.24) is 21.3 Å². The van der Waals surface area contributed by atoms with Gasteiger partial charge in [0.2, 0.25) is 0 Å². The molecule has 0 aromatic rings. The largest absolute Gasteiger partial charge is 0.389 e. The Hall–Kier alpha value is -1.07. The molecule has 170 valence electrons. The van der Waals surface area contributed by atoms with Crippen molar-refractivity contribution in [3.8, 4) is 0 Å². The Morgan fingerprint density at radius 1 is 1.07 bits per heavy atom. The van der Waals surface area contributed by atoms with E-state index in [2.05, 4.69) is 46.7 Å². The SMILES string of the molecule is C=C(NCCC)C1CCC(C2NCC(C)C(C3CCC(C4=NCCN4)CC3)N2)CC1. The van der Waals surface area contributed by atoms with Crippen molar-refractivity contribution in [3.05, 3.63) is 12.3 Å². The minimum Gasteiger partial charge on any atom is -0.389 e. The third-order valence-corrected chi connectivity index (χ3v) is 8.35. The Kier molecular flexibility index (Phi) is 7.74. The summed E-state index contributed by atoms with van der Waals surface area (Å²) in [7, 11) is 0. The van der Waals surface area contributed by atoms with E-state index in [1.807, 2.05) is 0 Å². The van der Waals surface area contributed by atoms with Gasteiger partial charge in [0.15, 0.2) is 0 Å². The summed E-state index contributed by atoms with van der Waals surface area (Å²) in [5.41, 5.74) is 1.28. The Morgan fingerprint density at radius 2 is 1.80 bits per heavy atom. The van der Waals surface area contributed by atoms with E-state index >= 15 is 0 Å². The number of allylic oxidation sites excluding steroid dienone is 1. The van der Waals surface area contributed by atoms with E-state index in [9.17, 15) is 0 Å². The summed E-state index contributed by atoms with van der Waals surface area (Å²) in [5.74, 6) is 5.00. The van der Waals surface area contributed by atoms with Crippen LogP contribution in [0.4, 0.5) is 0 Å². The first-order valence-corrected chi connectivity index (χ1v) is 12.9.